The molecule has 0 unspecified atom stereocenters. The van der Waals surface area contributed by atoms with Crippen molar-refractivity contribution in [3.63, 3.8) is 0 Å². The van der Waals surface area contributed by atoms with Gasteiger partial charge in [-0.1, -0.05) is 6.07 Å². The van der Waals surface area contributed by atoms with Gasteiger partial charge in [-0.15, -0.1) is 0 Å². The first-order valence-corrected chi connectivity index (χ1v) is 5.00. The summed E-state index contributed by atoms with van der Waals surface area (Å²) in [6.45, 7) is 1.71. The van der Waals surface area contributed by atoms with Crippen LogP contribution in [0.3, 0.4) is 0 Å². The molecule has 2 rings (SSSR count). The lowest BCUT2D eigenvalue weighted by Gasteiger charge is -2.05. The minimum atomic E-state index is 0.0606. The molecule has 1 aromatic carbocycles. The fraction of sp³-hybridized carbons (Fsp3) is 0.417. The standard InChI is InChI=1S/C12H14O2/c1-9(13)8-14-12-6-5-10-3-2-4-11(10)7-12/h5-7H,2-4,8H2,1H3. The number of benzene rings is 1. The van der Waals surface area contributed by atoms with Gasteiger partial charge in [0.1, 0.15) is 12.4 Å². The Morgan fingerprint density at radius 2 is 2.14 bits per heavy atom. The highest BCUT2D eigenvalue weighted by Crippen LogP contribution is 2.25. The van der Waals surface area contributed by atoms with E-state index in [2.05, 4.69) is 12.1 Å². The number of hydrogen-bond donors (Lipinski definition) is 0. The van der Waals surface area contributed by atoms with Gasteiger partial charge in [0.15, 0.2) is 5.78 Å². The molecule has 1 aliphatic rings. The second kappa shape index (κ2) is 3.82. The van der Waals surface area contributed by atoms with Crippen molar-refractivity contribution in [3.05, 3.63) is 29.3 Å². The summed E-state index contributed by atoms with van der Waals surface area (Å²) in [5.74, 6) is 0.881. The number of carbonyl (C=O) groups is 1. The number of fused-ring (bicyclic) bond motifs is 1. The van der Waals surface area contributed by atoms with Gasteiger partial charge in [-0.2, -0.15) is 0 Å². The lowest BCUT2D eigenvalue weighted by atomic mass is 10.1. The molecule has 0 amide bonds. The largest absolute Gasteiger partial charge is 0.486 e. The number of aryl methyl sites for hydroxylation is 2. The van der Waals surface area contributed by atoms with Crippen molar-refractivity contribution in [2.24, 2.45) is 0 Å². The van der Waals surface area contributed by atoms with E-state index in [9.17, 15) is 4.79 Å². The molecular weight excluding hydrogens is 176 g/mol. The van der Waals surface area contributed by atoms with Gasteiger partial charge in [0.25, 0.3) is 0 Å². The molecule has 74 valence electrons. The second-order valence-corrected chi connectivity index (χ2v) is 3.77. The van der Waals surface area contributed by atoms with Gasteiger partial charge in [0.2, 0.25) is 0 Å². The molecule has 0 bridgehead atoms. The zero-order valence-electron chi connectivity index (χ0n) is 8.38. The van der Waals surface area contributed by atoms with Gasteiger partial charge in [-0.3, -0.25) is 4.79 Å². The Kier molecular flexibility index (Phi) is 2.53. The molecule has 0 saturated carbocycles. The zero-order valence-corrected chi connectivity index (χ0v) is 8.38. The molecule has 2 nitrogen and oxygen atoms in total. The van der Waals surface area contributed by atoms with Gasteiger partial charge >= 0.3 is 0 Å². The molecule has 0 spiro atoms. The third-order valence-corrected chi connectivity index (χ3v) is 2.51. The third-order valence-electron chi connectivity index (χ3n) is 2.51. The Hall–Kier alpha value is -1.31. The highest BCUT2D eigenvalue weighted by Gasteiger charge is 2.11. The summed E-state index contributed by atoms with van der Waals surface area (Å²) in [5.41, 5.74) is 2.81. The van der Waals surface area contributed by atoms with E-state index in [1.54, 1.807) is 0 Å². The number of carbonyl (C=O) groups excluding carboxylic acids is 1. The van der Waals surface area contributed by atoms with Crippen molar-refractivity contribution in [2.45, 2.75) is 26.2 Å². The summed E-state index contributed by atoms with van der Waals surface area (Å²) in [7, 11) is 0. The predicted octanol–water partition coefficient (Wildman–Crippen LogP) is 2.14. The Morgan fingerprint density at radius 1 is 1.36 bits per heavy atom. The topological polar surface area (TPSA) is 26.3 Å². The van der Waals surface area contributed by atoms with Crippen LogP contribution >= 0.6 is 0 Å². The fourth-order valence-corrected chi connectivity index (χ4v) is 1.82. The Bertz CT molecular complexity index is 355. The van der Waals surface area contributed by atoms with Gasteiger partial charge in [-0.25, -0.2) is 0 Å². The van der Waals surface area contributed by atoms with E-state index < -0.39 is 0 Å². The van der Waals surface area contributed by atoms with Gasteiger partial charge in [-0.05, 0) is 49.4 Å². The van der Waals surface area contributed by atoms with Crippen molar-refractivity contribution in [1.82, 2.24) is 0 Å². The van der Waals surface area contributed by atoms with E-state index >= 15 is 0 Å². The summed E-state index contributed by atoms with van der Waals surface area (Å²) >= 11 is 0. The number of Topliss-reactive ketones (excluding diaryl/α,β-unsaturated/α-hetero) is 1. The number of ether oxygens (including phenoxy) is 1. The zero-order chi connectivity index (χ0) is 9.97. The van der Waals surface area contributed by atoms with Crippen LogP contribution in [0, 0.1) is 0 Å². The van der Waals surface area contributed by atoms with Crippen LogP contribution in [0.15, 0.2) is 18.2 Å². The molecule has 0 aromatic heterocycles. The van der Waals surface area contributed by atoms with Gasteiger partial charge in [0, 0.05) is 0 Å². The predicted molar refractivity (Wildman–Crippen MR) is 54.6 cm³/mol. The van der Waals surface area contributed by atoms with E-state index in [-0.39, 0.29) is 12.4 Å². The Labute approximate surface area is 83.9 Å². The quantitative estimate of drug-likeness (QED) is 0.730. The van der Waals surface area contributed by atoms with E-state index in [0.29, 0.717) is 0 Å². The van der Waals surface area contributed by atoms with Crippen LogP contribution in [-0.2, 0) is 17.6 Å². The smallest absolute Gasteiger partial charge is 0.167 e. The van der Waals surface area contributed by atoms with E-state index in [4.69, 9.17) is 4.74 Å². The molecule has 0 N–H and O–H groups in total. The maximum atomic E-state index is 10.7. The second-order valence-electron chi connectivity index (χ2n) is 3.77. The Morgan fingerprint density at radius 3 is 2.93 bits per heavy atom. The molecular formula is C12H14O2. The highest BCUT2D eigenvalue weighted by atomic mass is 16.5. The summed E-state index contributed by atoms with van der Waals surface area (Å²) in [6, 6.07) is 6.12. The molecule has 1 aromatic rings. The lowest BCUT2D eigenvalue weighted by molar-refractivity contribution is -0.118. The van der Waals surface area contributed by atoms with Crippen LogP contribution in [0.5, 0.6) is 5.75 Å². The maximum absolute atomic E-state index is 10.7. The molecule has 0 fully saturated rings. The summed E-state index contributed by atoms with van der Waals surface area (Å²) in [6.07, 6.45) is 3.57. The monoisotopic (exact) mass is 190 g/mol. The van der Waals surface area contributed by atoms with Crippen molar-refractivity contribution in [3.8, 4) is 5.75 Å². The van der Waals surface area contributed by atoms with Gasteiger partial charge < -0.3 is 4.74 Å². The van der Waals surface area contributed by atoms with Crippen LogP contribution in [-0.4, -0.2) is 12.4 Å². The van der Waals surface area contributed by atoms with Crippen LogP contribution in [0.2, 0.25) is 0 Å². The van der Waals surface area contributed by atoms with Gasteiger partial charge in [0.05, 0.1) is 0 Å². The number of ketones is 1. The van der Waals surface area contributed by atoms with Crippen molar-refractivity contribution >= 4 is 5.78 Å². The summed E-state index contributed by atoms with van der Waals surface area (Å²) in [5, 5.41) is 0. The fourth-order valence-electron chi connectivity index (χ4n) is 1.82. The minimum Gasteiger partial charge on any atom is -0.486 e. The van der Waals surface area contributed by atoms with Crippen molar-refractivity contribution in [1.29, 1.82) is 0 Å². The first-order valence-electron chi connectivity index (χ1n) is 5.00. The molecule has 2 heteroatoms. The summed E-state index contributed by atoms with van der Waals surface area (Å²) < 4.78 is 5.34. The van der Waals surface area contributed by atoms with Crippen molar-refractivity contribution < 1.29 is 9.53 Å². The average molecular weight is 190 g/mol. The molecule has 0 aliphatic heterocycles. The molecule has 0 radical (unpaired) electrons. The molecule has 14 heavy (non-hydrogen) atoms. The van der Waals surface area contributed by atoms with Crippen LogP contribution in [0.4, 0.5) is 0 Å². The lowest BCUT2D eigenvalue weighted by Crippen LogP contribution is -2.06. The first-order chi connectivity index (χ1) is 6.75. The minimum absolute atomic E-state index is 0.0606. The number of hydrogen-bond acceptors (Lipinski definition) is 2. The normalized spacial score (nSPS) is 13.8. The van der Waals surface area contributed by atoms with E-state index in [0.717, 1.165) is 12.2 Å². The molecule has 0 saturated heterocycles. The molecule has 0 heterocycles. The van der Waals surface area contributed by atoms with Crippen LogP contribution < -0.4 is 4.74 Å². The SMILES string of the molecule is CC(=O)COc1ccc2c(c1)CCC2. The van der Waals surface area contributed by atoms with Crippen LogP contribution in [0.1, 0.15) is 24.5 Å². The molecule has 1 aliphatic carbocycles. The van der Waals surface area contributed by atoms with Crippen molar-refractivity contribution in [2.75, 3.05) is 6.61 Å². The third kappa shape index (κ3) is 1.95. The summed E-state index contributed by atoms with van der Waals surface area (Å²) in [4.78, 5) is 10.7. The van der Waals surface area contributed by atoms with E-state index in [1.165, 1.54) is 30.9 Å². The first kappa shape index (κ1) is 9.25. The van der Waals surface area contributed by atoms with Crippen LogP contribution in [0.25, 0.3) is 0 Å². The molecule has 0 atom stereocenters. The van der Waals surface area contributed by atoms with E-state index in [1.807, 2.05) is 6.07 Å². The average Bonchev–Trinajstić information content (AvgIpc) is 2.61. The Balaban J connectivity index is 2.09. The highest BCUT2D eigenvalue weighted by molar-refractivity contribution is 5.77. The maximum Gasteiger partial charge on any atom is 0.167 e. The number of rotatable bonds is 3.